The van der Waals surface area contributed by atoms with Crippen LogP contribution in [0.3, 0.4) is 0 Å². The first kappa shape index (κ1) is 9.05. The summed E-state index contributed by atoms with van der Waals surface area (Å²) in [6.07, 6.45) is 0. The fraction of sp³-hybridized carbons (Fsp3) is 0.333. The molecule has 6 heteroatoms. The first-order valence-corrected chi connectivity index (χ1v) is 3.77. The Labute approximate surface area is 76.7 Å². The van der Waals surface area contributed by atoms with Gasteiger partial charge >= 0.3 is 11.9 Å². The molecule has 5 nitrogen and oxygen atoms in total. The number of aromatic nitrogens is 1. The largest absolute Gasteiger partial charge is 0.466 e. The molecule has 0 saturated heterocycles. The summed E-state index contributed by atoms with van der Waals surface area (Å²) in [5.74, 6) is -0.427. The van der Waals surface area contributed by atoms with Crippen molar-refractivity contribution in [2.45, 2.75) is 0 Å². The third kappa shape index (κ3) is 1.42. The topological polar surface area (TPSA) is 61.6 Å². The van der Waals surface area contributed by atoms with Gasteiger partial charge in [-0.3, -0.25) is 0 Å². The van der Waals surface area contributed by atoms with E-state index in [0.717, 1.165) is 0 Å². The maximum absolute atomic E-state index is 10.9. The molecule has 0 aliphatic carbocycles. The van der Waals surface area contributed by atoms with Crippen molar-refractivity contribution < 1.29 is 18.8 Å². The summed E-state index contributed by atoms with van der Waals surface area (Å²) < 4.78 is 14.2. The number of hydrogen-bond donors (Lipinski definition) is 0. The average Bonchev–Trinajstić information content (AvgIpc) is 2.45. The van der Waals surface area contributed by atoms with E-state index in [0.29, 0.717) is 4.47 Å². The average molecular weight is 236 g/mol. The Morgan fingerprint density at radius 2 is 2.25 bits per heavy atom. The molecule has 0 aliphatic rings. The van der Waals surface area contributed by atoms with Crippen molar-refractivity contribution in [3.63, 3.8) is 0 Å². The second kappa shape index (κ2) is 3.57. The minimum atomic E-state index is -0.575. The Morgan fingerprint density at radius 3 is 2.67 bits per heavy atom. The first-order valence-electron chi connectivity index (χ1n) is 2.98. The van der Waals surface area contributed by atoms with E-state index in [1.165, 1.54) is 14.2 Å². The van der Waals surface area contributed by atoms with Crippen LogP contribution in [0.25, 0.3) is 0 Å². The number of methoxy groups -OCH3 is 2. The third-order valence-corrected chi connectivity index (χ3v) is 1.87. The molecule has 1 aromatic heterocycles. The van der Waals surface area contributed by atoms with Crippen LogP contribution in [0.2, 0.25) is 0 Å². The Hall–Kier alpha value is -1.04. The fourth-order valence-electron chi connectivity index (χ4n) is 0.614. The predicted molar refractivity (Wildman–Crippen MR) is 42.1 cm³/mol. The van der Waals surface area contributed by atoms with Gasteiger partial charge in [0.1, 0.15) is 4.47 Å². The van der Waals surface area contributed by atoms with Gasteiger partial charge in [0.15, 0.2) is 0 Å². The lowest BCUT2D eigenvalue weighted by molar-refractivity contribution is 0.0588. The molecule has 0 spiro atoms. The summed E-state index contributed by atoms with van der Waals surface area (Å²) >= 11 is 3.07. The van der Waals surface area contributed by atoms with Crippen molar-refractivity contribution in [2.24, 2.45) is 0 Å². The van der Waals surface area contributed by atoms with Crippen LogP contribution in [0.5, 0.6) is 5.95 Å². The van der Waals surface area contributed by atoms with Crippen LogP contribution in [0.1, 0.15) is 10.5 Å². The van der Waals surface area contributed by atoms with Crippen LogP contribution in [-0.4, -0.2) is 25.3 Å². The molecule has 0 aliphatic heterocycles. The van der Waals surface area contributed by atoms with Gasteiger partial charge in [-0.05, 0) is 15.9 Å². The quantitative estimate of drug-likeness (QED) is 0.722. The minimum Gasteiger partial charge on any atom is -0.466 e. The standard InChI is InChI=1S/C6H6BrNO4/c1-10-5(9)4-3(7)6(11-2)12-8-4/h1-2H3. The highest BCUT2D eigenvalue weighted by molar-refractivity contribution is 9.10. The van der Waals surface area contributed by atoms with Gasteiger partial charge in [-0.25, -0.2) is 4.79 Å². The summed E-state index contributed by atoms with van der Waals surface area (Å²) in [7, 11) is 2.67. The maximum Gasteiger partial charge on any atom is 0.361 e. The number of rotatable bonds is 2. The van der Waals surface area contributed by atoms with Gasteiger partial charge in [0.25, 0.3) is 0 Å². The Kier molecular flexibility index (Phi) is 2.69. The van der Waals surface area contributed by atoms with Crippen LogP contribution in [0.15, 0.2) is 9.00 Å². The monoisotopic (exact) mass is 235 g/mol. The number of ether oxygens (including phenoxy) is 2. The third-order valence-electron chi connectivity index (χ3n) is 1.17. The van der Waals surface area contributed by atoms with Crippen molar-refractivity contribution in [3.8, 4) is 5.95 Å². The summed E-state index contributed by atoms with van der Waals surface area (Å²) in [5.41, 5.74) is 0.0642. The van der Waals surface area contributed by atoms with Crippen molar-refractivity contribution in [1.82, 2.24) is 5.16 Å². The van der Waals surface area contributed by atoms with E-state index in [2.05, 4.69) is 30.3 Å². The van der Waals surface area contributed by atoms with E-state index in [1.54, 1.807) is 0 Å². The molecule has 0 aromatic carbocycles. The minimum absolute atomic E-state index is 0.0642. The Bertz CT molecular complexity index is 296. The SMILES string of the molecule is COC(=O)c1noc(OC)c1Br. The molecule has 0 atom stereocenters. The summed E-state index contributed by atoms with van der Waals surface area (Å²) in [4.78, 5) is 10.9. The van der Waals surface area contributed by atoms with Crippen molar-refractivity contribution in [3.05, 3.63) is 10.2 Å². The highest BCUT2D eigenvalue weighted by Gasteiger charge is 2.20. The molecule has 1 aromatic rings. The molecule has 0 saturated carbocycles. The zero-order chi connectivity index (χ0) is 9.14. The first-order chi connectivity index (χ1) is 5.70. The molecule has 0 fully saturated rings. The van der Waals surface area contributed by atoms with Gasteiger partial charge in [-0.1, -0.05) is 5.16 Å². The second-order valence-electron chi connectivity index (χ2n) is 1.83. The van der Waals surface area contributed by atoms with Crippen molar-refractivity contribution in [2.75, 3.05) is 14.2 Å². The number of hydrogen-bond acceptors (Lipinski definition) is 5. The van der Waals surface area contributed by atoms with E-state index < -0.39 is 5.97 Å². The molecule has 0 bridgehead atoms. The number of halogens is 1. The van der Waals surface area contributed by atoms with Crippen LogP contribution in [0.4, 0.5) is 0 Å². The molecule has 1 rings (SSSR count). The van der Waals surface area contributed by atoms with Crippen LogP contribution >= 0.6 is 15.9 Å². The second-order valence-corrected chi connectivity index (χ2v) is 2.62. The van der Waals surface area contributed by atoms with Gasteiger partial charge in [0, 0.05) is 0 Å². The highest BCUT2D eigenvalue weighted by Crippen LogP contribution is 2.28. The van der Waals surface area contributed by atoms with E-state index in [-0.39, 0.29) is 11.6 Å². The highest BCUT2D eigenvalue weighted by atomic mass is 79.9. The van der Waals surface area contributed by atoms with Crippen LogP contribution < -0.4 is 4.74 Å². The normalized spacial score (nSPS) is 9.58. The molecule has 66 valence electrons. The van der Waals surface area contributed by atoms with Crippen molar-refractivity contribution in [1.29, 1.82) is 0 Å². The van der Waals surface area contributed by atoms with Crippen LogP contribution in [-0.2, 0) is 4.74 Å². The molecular weight excluding hydrogens is 230 g/mol. The molecule has 0 unspecified atom stereocenters. The lowest BCUT2D eigenvalue weighted by Gasteiger charge is -1.92. The summed E-state index contributed by atoms with van der Waals surface area (Å²) in [6, 6.07) is 0. The zero-order valence-corrected chi connectivity index (χ0v) is 8.04. The fourth-order valence-corrected chi connectivity index (χ4v) is 1.08. The van der Waals surface area contributed by atoms with Gasteiger partial charge in [0.2, 0.25) is 5.69 Å². The van der Waals surface area contributed by atoms with Gasteiger partial charge in [-0.2, -0.15) is 0 Å². The lowest BCUT2D eigenvalue weighted by Crippen LogP contribution is -2.01. The number of nitrogens with zero attached hydrogens (tertiary/aromatic N) is 1. The van der Waals surface area contributed by atoms with Gasteiger partial charge < -0.3 is 14.0 Å². The zero-order valence-electron chi connectivity index (χ0n) is 6.46. The smallest absolute Gasteiger partial charge is 0.361 e. The maximum atomic E-state index is 10.9. The number of carbonyl (C=O) groups is 1. The van der Waals surface area contributed by atoms with Gasteiger partial charge in [0.05, 0.1) is 14.2 Å². The Balaban J connectivity index is 3.02. The molecular formula is C6H6BrNO4. The number of carbonyl (C=O) groups excluding carboxylic acids is 1. The molecule has 0 amide bonds. The predicted octanol–water partition coefficient (Wildman–Crippen LogP) is 1.23. The lowest BCUT2D eigenvalue weighted by atomic mass is 10.4. The van der Waals surface area contributed by atoms with Crippen molar-refractivity contribution >= 4 is 21.9 Å². The van der Waals surface area contributed by atoms with Crippen LogP contribution in [0, 0.1) is 0 Å². The molecule has 1 heterocycles. The number of esters is 1. The summed E-state index contributed by atoms with van der Waals surface area (Å²) in [5, 5.41) is 3.44. The van der Waals surface area contributed by atoms with E-state index >= 15 is 0 Å². The molecule has 0 radical (unpaired) electrons. The van der Waals surface area contributed by atoms with Gasteiger partial charge in [-0.15, -0.1) is 0 Å². The van der Waals surface area contributed by atoms with E-state index in [4.69, 9.17) is 4.74 Å². The molecule has 0 N–H and O–H groups in total. The summed E-state index contributed by atoms with van der Waals surface area (Å²) in [6.45, 7) is 0. The molecule has 12 heavy (non-hydrogen) atoms. The Morgan fingerprint density at radius 1 is 1.58 bits per heavy atom. The van der Waals surface area contributed by atoms with E-state index in [9.17, 15) is 4.79 Å². The van der Waals surface area contributed by atoms with E-state index in [1.807, 2.05) is 0 Å².